The number of hydrogen-bond acceptors (Lipinski definition) is 4. The summed E-state index contributed by atoms with van der Waals surface area (Å²) in [6.07, 6.45) is 0.814. The monoisotopic (exact) mass is 368 g/mol. The first-order valence-electron chi connectivity index (χ1n) is 6.95. The predicted octanol–water partition coefficient (Wildman–Crippen LogP) is 1.70. The van der Waals surface area contributed by atoms with E-state index in [1.807, 2.05) is 13.0 Å². The molecule has 22 heavy (non-hydrogen) atoms. The van der Waals surface area contributed by atoms with Crippen LogP contribution in [0.3, 0.4) is 0 Å². The van der Waals surface area contributed by atoms with E-state index in [4.69, 9.17) is 4.74 Å². The van der Waals surface area contributed by atoms with Crippen LogP contribution in [0.15, 0.2) is 28.7 Å². The predicted molar refractivity (Wildman–Crippen MR) is 84.0 cm³/mol. The van der Waals surface area contributed by atoms with Crippen molar-refractivity contribution in [1.29, 1.82) is 0 Å². The van der Waals surface area contributed by atoms with Gasteiger partial charge in [-0.25, -0.2) is 0 Å². The third-order valence-electron chi connectivity index (χ3n) is 3.35. The van der Waals surface area contributed by atoms with Gasteiger partial charge in [-0.05, 0) is 40.4 Å². The highest BCUT2D eigenvalue weighted by atomic mass is 79.9. The van der Waals surface area contributed by atoms with Gasteiger partial charge in [0.15, 0.2) is 6.61 Å². The van der Waals surface area contributed by atoms with Gasteiger partial charge in [-0.1, -0.05) is 19.1 Å². The Kier molecular flexibility index (Phi) is 5.54. The molecule has 0 radical (unpaired) electrons. The lowest BCUT2D eigenvalue weighted by Crippen LogP contribution is -2.35. The maximum Gasteiger partial charge on any atom is 0.309 e. The largest absolute Gasteiger partial charge is 0.455 e. The number of esters is 1. The summed E-state index contributed by atoms with van der Waals surface area (Å²) in [6, 6.07) is 7.16. The lowest BCUT2D eigenvalue weighted by Gasteiger charge is -2.08. The van der Waals surface area contributed by atoms with Gasteiger partial charge in [-0.2, -0.15) is 0 Å². The SMILES string of the molecule is C[C@H]1C[C@H]1C(=O)OCC(=O)NCC(=O)Nc1ccccc1Br. The van der Waals surface area contributed by atoms with Crippen LogP contribution in [0.5, 0.6) is 0 Å². The Morgan fingerprint density at radius 2 is 1.95 bits per heavy atom. The normalized spacial score (nSPS) is 19.2. The van der Waals surface area contributed by atoms with Crippen LogP contribution >= 0.6 is 15.9 Å². The number of nitrogens with one attached hydrogen (secondary N) is 2. The molecule has 0 heterocycles. The summed E-state index contributed by atoms with van der Waals surface area (Å²) < 4.78 is 5.63. The van der Waals surface area contributed by atoms with Crippen molar-refractivity contribution in [2.24, 2.45) is 11.8 Å². The van der Waals surface area contributed by atoms with E-state index in [0.717, 1.165) is 10.9 Å². The Morgan fingerprint density at radius 3 is 2.59 bits per heavy atom. The maximum atomic E-state index is 11.7. The average Bonchev–Trinajstić information content (AvgIpc) is 3.22. The van der Waals surface area contributed by atoms with E-state index in [-0.39, 0.29) is 30.9 Å². The minimum Gasteiger partial charge on any atom is -0.455 e. The van der Waals surface area contributed by atoms with Crippen molar-refractivity contribution in [3.63, 3.8) is 0 Å². The third-order valence-corrected chi connectivity index (χ3v) is 4.04. The zero-order chi connectivity index (χ0) is 16.1. The molecule has 2 N–H and O–H groups in total. The van der Waals surface area contributed by atoms with Crippen LogP contribution < -0.4 is 10.6 Å². The molecule has 1 aliphatic carbocycles. The number of hydrogen-bond donors (Lipinski definition) is 2. The fourth-order valence-corrected chi connectivity index (χ4v) is 2.26. The van der Waals surface area contributed by atoms with Crippen LogP contribution in [-0.4, -0.2) is 30.9 Å². The maximum absolute atomic E-state index is 11.7. The van der Waals surface area contributed by atoms with Gasteiger partial charge in [0.25, 0.3) is 5.91 Å². The summed E-state index contributed by atoms with van der Waals surface area (Å²) >= 11 is 3.31. The minimum atomic E-state index is -0.496. The summed E-state index contributed by atoms with van der Waals surface area (Å²) in [5, 5.41) is 5.06. The van der Waals surface area contributed by atoms with Gasteiger partial charge in [-0.3, -0.25) is 14.4 Å². The molecule has 7 heteroatoms. The molecule has 118 valence electrons. The van der Waals surface area contributed by atoms with Crippen molar-refractivity contribution in [2.45, 2.75) is 13.3 Å². The lowest BCUT2D eigenvalue weighted by molar-refractivity contribution is -0.150. The molecule has 2 amide bonds. The molecular formula is C15H17BrN2O4. The molecule has 0 spiro atoms. The number of rotatable bonds is 6. The summed E-state index contributed by atoms with van der Waals surface area (Å²) in [5.41, 5.74) is 0.621. The molecule has 1 aromatic rings. The highest BCUT2D eigenvalue weighted by Gasteiger charge is 2.40. The number of carbonyl (C=O) groups is 3. The van der Waals surface area contributed by atoms with Gasteiger partial charge in [0.1, 0.15) is 0 Å². The second-order valence-electron chi connectivity index (χ2n) is 5.23. The molecule has 6 nitrogen and oxygen atoms in total. The molecule has 0 unspecified atom stereocenters. The fraction of sp³-hybridized carbons (Fsp3) is 0.400. The zero-order valence-corrected chi connectivity index (χ0v) is 13.7. The summed E-state index contributed by atoms with van der Waals surface area (Å²) in [6.45, 7) is 1.42. The van der Waals surface area contributed by atoms with E-state index >= 15 is 0 Å². The van der Waals surface area contributed by atoms with Crippen molar-refractivity contribution in [1.82, 2.24) is 5.32 Å². The van der Waals surface area contributed by atoms with Gasteiger partial charge in [-0.15, -0.1) is 0 Å². The number of para-hydroxylation sites is 1. The van der Waals surface area contributed by atoms with Crippen molar-refractivity contribution in [3.05, 3.63) is 28.7 Å². The first-order chi connectivity index (χ1) is 10.5. The van der Waals surface area contributed by atoms with Crippen LogP contribution in [0.4, 0.5) is 5.69 Å². The molecule has 1 aromatic carbocycles. The number of amides is 2. The zero-order valence-electron chi connectivity index (χ0n) is 12.1. The number of halogens is 1. The highest BCUT2D eigenvalue weighted by molar-refractivity contribution is 9.10. The van der Waals surface area contributed by atoms with Gasteiger partial charge in [0.2, 0.25) is 5.91 Å². The number of benzene rings is 1. The number of anilines is 1. The van der Waals surface area contributed by atoms with Gasteiger partial charge >= 0.3 is 5.97 Å². The molecule has 0 aliphatic heterocycles. The fourth-order valence-electron chi connectivity index (χ4n) is 1.88. The van der Waals surface area contributed by atoms with E-state index in [9.17, 15) is 14.4 Å². The Labute approximate surface area is 136 Å². The summed E-state index contributed by atoms with van der Waals surface area (Å²) in [4.78, 5) is 34.7. The Hall–Kier alpha value is -1.89. The topological polar surface area (TPSA) is 84.5 Å². The highest BCUT2D eigenvalue weighted by Crippen LogP contribution is 2.38. The van der Waals surface area contributed by atoms with Crippen LogP contribution in [0.25, 0.3) is 0 Å². The standard InChI is InChI=1S/C15H17BrN2O4/c1-9-6-10(9)15(21)22-8-14(20)17-7-13(19)18-12-5-3-2-4-11(12)16/h2-5,9-10H,6-8H2,1H3,(H,17,20)(H,18,19)/t9-,10+/m0/s1. The Balaban J connectivity index is 1.66. The number of ether oxygens (including phenoxy) is 1. The van der Waals surface area contributed by atoms with Crippen molar-refractivity contribution < 1.29 is 19.1 Å². The van der Waals surface area contributed by atoms with Crippen LogP contribution in [0.1, 0.15) is 13.3 Å². The van der Waals surface area contributed by atoms with Crippen molar-refractivity contribution in [2.75, 3.05) is 18.5 Å². The van der Waals surface area contributed by atoms with Crippen molar-refractivity contribution >= 4 is 39.4 Å². The molecule has 2 atom stereocenters. The average molecular weight is 369 g/mol. The molecule has 0 aromatic heterocycles. The third kappa shape index (κ3) is 4.84. The molecule has 1 aliphatic rings. The molecule has 2 rings (SSSR count). The smallest absolute Gasteiger partial charge is 0.309 e. The first kappa shape index (κ1) is 16.5. The molecular weight excluding hydrogens is 352 g/mol. The molecule has 1 saturated carbocycles. The quantitative estimate of drug-likeness (QED) is 0.748. The molecule has 0 saturated heterocycles. The second-order valence-corrected chi connectivity index (χ2v) is 6.09. The van der Waals surface area contributed by atoms with Gasteiger partial charge in [0.05, 0.1) is 18.2 Å². The summed E-state index contributed by atoms with van der Waals surface area (Å²) in [7, 11) is 0. The Morgan fingerprint density at radius 1 is 1.27 bits per heavy atom. The number of carbonyl (C=O) groups excluding carboxylic acids is 3. The minimum absolute atomic E-state index is 0.0773. The Bertz CT molecular complexity index is 591. The summed E-state index contributed by atoms with van der Waals surface area (Å²) in [5.74, 6) is -0.941. The van der Waals surface area contributed by atoms with E-state index in [1.54, 1.807) is 18.2 Å². The van der Waals surface area contributed by atoms with Crippen LogP contribution in [-0.2, 0) is 19.1 Å². The van der Waals surface area contributed by atoms with Crippen molar-refractivity contribution in [3.8, 4) is 0 Å². The van der Waals surface area contributed by atoms with Gasteiger partial charge in [0, 0.05) is 4.47 Å². The first-order valence-corrected chi connectivity index (χ1v) is 7.74. The van der Waals surface area contributed by atoms with E-state index in [0.29, 0.717) is 11.6 Å². The van der Waals surface area contributed by atoms with E-state index in [1.165, 1.54) is 0 Å². The molecule has 0 bridgehead atoms. The second kappa shape index (κ2) is 7.40. The van der Waals surface area contributed by atoms with E-state index in [2.05, 4.69) is 26.6 Å². The lowest BCUT2D eigenvalue weighted by atomic mass is 10.3. The van der Waals surface area contributed by atoms with E-state index < -0.39 is 5.91 Å². The van der Waals surface area contributed by atoms with Crippen LogP contribution in [0, 0.1) is 11.8 Å². The molecule has 1 fully saturated rings. The van der Waals surface area contributed by atoms with Crippen LogP contribution in [0.2, 0.25) is 0 Å². The van der Waals surface area contributed by atoms with Gasteiger partial charge < -0.3 is 15.4 Å².